The molecule has 4 heterocycles. The number of phenolic OH excluding ortho intramolecular Hbond substituents is 2. The predicted molar refractivity (Wildman–Crippen MR) is 170 cm³/mol. The van der Waals surface area contributed by atoms with Gasteiger partial charge in [0.05, 0.1) is 18.8 Å². The van der Waals surface area contributed by atoms with E-state index in [2.05, 4.69) is 0 Å². The highest BCUT2D eigenvalue weighted by molar-refractivity contribution is 5.88. The van der Waals surface area contributed by atoms with E-state index >= 15 is 0 Å². The Balaban J connectivity index is 1.12. The van der Waals surface area contributed by atoms with E-state index in [0.717, 1.165) is 12.1 Å². The Morgan fingerprint density at radius 2 is 1.29 bits per heavy atom. The zero-order chi connectivity index (χ0) is 37.8. The molecule has 6 rings (SSSR count). The fourth-order valence-electron chi connectivity index (χ4n) is 6.21. The van der Waals surface area contributed by atoms with Crippen molar-refractivity contribution in [1.82, 2.24) is 0 Å². The van der Waals surface area contributed by atoms with E-state index in [1.54, 1.807) is 0 Å². The minimum absolute atomic E-state index is 0.0573. The van der Waals surface area contributed by atoms with Gasteiger partial charge in [0.1, 0.15) is 89.3 Å². The average molecular weight is 741 g/mol. The number of hydrogen-bond donors (Lipinski definition) is 11. The molecule has 0 spiro atoms. The van der Waals surface area contributed by atoms with Gasteiger partial charge in [0, 0.05) is 17.7 Å². The molecule has 286 valence electrons. The molecular formula is C33H40O19. The van der Waals surface area contributed by atoms with E-state index in [0.29, 0.717) is 0 Å². The van der Waals surface area contributed by atoms with Crippen molar-refractivity contribution in [2.24, 2.45) is 0 Å². The summed E-state index contributed by atoms with van der Waals surface area (Å²) in [6.07, 6.45) is -22.8. The van der Waals surface area contributed by atoms with Crippen LogP contribution in [0, 0.1) is 0 Å². The molecule has 0 aliphatic carbocycles. The maximum atomic E-state index is 12.7. The number of aliphatic hydroxyl groups excluding tert-OH is 8. The van der Waals surface area contributed by atoms with Crippen LogP contribution in [0.3, 0.4) is 0 Å². The van der Waals surface area contributed by atoms with Gasteiger partial charge >= 0.3 is 0 Å². The first-order valence-electron chi connectivity index (χ1n) is 16.2. The Hall–Kier alpha value is -3.67. The summed E-state index contributed by atoms with van der Waals surface area (Å²) in [5, 5.41) is 114. The molecule has 3 fully saturated rings. The Morgan fingerprint density at radius 1 is 0.673 bits per heavy atom. The van der Waals surface area contributed by atoms with Gasteiger partial charge in [-0.3, -0.25) is 4.79 Å². The first kappa shape index (κ1) is 38.1. The molecule has 3 aromatic rings. The van der Waals surface area contributed by atoms with Crippen LogP contribution in [0.15, 0.2) is 45.6 Å². The first-order chi connectivity index (χ1) is 24.6. The van der Waals surface area contributed by atoms with Gasteiger partial charge in [-0.25, -0.2) is 0 Å². The second kappa shape index (κ2) is 15.0. The standard InChI is InChI=1S/C33H40O19/c1-10-19(36)23(40)26(43)32(48-10)52-30-20(37)11(2)47-31(28(30)45)46-9-17-21(38)24(41)27(44)33(51-17)49-14-5-3-12(4-6-14)29-25(42)22(39)18-15(35)7-13(34)8-16(18)50-29/h3-8,10-11,17,19-21,23-24,26-28,30-38,40-45H,9H2,1-2H3. The first-order valence-corrected chi connectivity index (χ1v) is 16.2. The molecule has 0 bridgehead atoms. The van der Waals surface area contributed by atoms with E-state index in [9.17, 15) is 61.0 Å². The average Bonchev–Trinajstić information content (AvgIpc) is 3.11. The van der Waals surface area contributed by atoms with Crippen molar-refractivity contribution in [2.75, 3.05) is 6.61 Å². The quantitative estimate of drug-likeness (QED) is 0.113. The number of rotatable bonds is 8. The summed E-state index contributed by atoms with van der Waals surface area (Å²) in [6.45, 7) is 2.31. The van der Waals surface area contributed by atoms with Gasteiger partial charge in [0.15, 0.2) is 18.3 Å². The van der Waals surface area contributed by atoms with E-state index in [1.165, 1.54) is 38.1 Å². The molecule has 3 aliphatic rings. The number of aromatic hydroxyl groups is 3. The molecule has 3 aliphatic heterocycles. The molecule has 3 saturated heterocycles. The second-order valence-electron chi connectivity index (χ2n) is 12.9. The Labute approximate surface area is 293 Å². The topological polar surface area (TPSA) is 308 Å². The maximum absolute atomic E-state index is 12.7. The van der Waals surface area contributed by atoms with Crippen molar-refractivity contribution in [3.05, 3.63) is 46.6 Å². The predicted octanol–water partition coefficient (Wildman–Crippen LogP) is -2.54. The van der Waals surface area contributed by atoms with Crippen LogP contribution in [0.25, 0.3) is 22.3 Å². The summed E-state index contributed by atoms with van der Waals surface area (Å²) in [6, 6.07) is 7.46. The smallest absolute Gasteiger partial charge is 0.238 e. The van der Waals surface area contributed by atoms with E-state index in [4.69, 9.17) is 32.8 Å². The van der Waals surface area contributed by atoms with Gasteiger partial charge in [-0.1, -0.05) is 0 Å². The second-order valence-corrected chi connectivity index (χ2v) is 12.9. The third-order valence-electron chi connectivity index (χ3n) is 9.28. The summed E-state index contributed by atoms with van der Waals surface area (Å²) in [4.78, 5) is 12.7. The summed E-state index contributed by atoms with van der Waals surface area (Å²) >= 11 is 0. The molecule has 1 aromatic heterocycles. The van der Waals surface area contributed by atoms with Crippen molar-refractivity contribution in [3.63, 3.8) is 0 Å². The van der Waals surface area contributed by atoms with Crippen LogP contribution in [0.4, 0.5) is 0 Å². The minimum Gasteiger partial charge on any atom is -0.508 e. The zero-order valence-corrected chi connectivity index (χ0v) is 27.5. The van der Waals surface area contributed by atoms with E-state index < -0.39 is 116 Å². The monoisotopic (exact) mass is 740 g/mol. The highest BCUT2D eigenvalue weighted by Crippen LogP contribution is 2.36. The molecule has 2 aromatic carbocycles. The molecule has 11 N–H and O–H groups in total. The largest absolute Gasteiger partial charge is 0.508 e. The SMILES string of the molecule is CC1OC(OC2C(O)C(C)OC(OCC3OC(Oc4ccc(-c5oc6cc(O)cc(O)c6c(=O)c5O)cc4)C(O)C(O)C3O)C2O)C(O)C(O)C1O. The van der Waals surface area contributed by atoms with Crippen molar-refractivity contribution < 1.29 is 89.0 Å². The summed E-state index contributed by atoms with van der Waals surface area (Å²) in [7, 11) is 0. The van der Waals surface area contributed by atoms with Crippen LogP contribution >= 0.6 is 0 Å². The van der Waals surface area contributed by atoms with Crippen molar-refractivity contribution >= 4 is 11.0 Å². The zero-order valence-electron chi connectivity index (χ0n) is 27.5. The summed E-state index contributed by atoms with van der Waals surface area (Å²) < 4.78 is 39.3. The van der Waals surface area contributed by atoms with Crippen LogP contribution in [0.1, 0.15) is 13.8 Å². The Kier molecular flexibility index (Phi) is 11.0. The molecule has 0 amide bonds. The van der Waals surface area contributed by atoms with Crippen molar-refractivity contribution in [1.29, 1.82) is 0 Å². The summed E-state index contributed by atoms with van der Waals surface area (Å²) in [5.41, 5.74) is -0.957. The molecule has 19 nitrogen and oxygen atoms in total. The number of fused-ring (bicyclic) bond motifs is 1. The molecule has 15 atom stereocenters. The van der Waals surface area contributed by atoms with Crippen molar-refractivity contribution in [2.45, 2.75) is 106 Å². The minimum atomic E-state index is -1.80. The van der Waals surface area contributed by atoms with Crippen LogP contribution in [-0.2, 0) is 23.7 Å². The molecule has 0 saturated carbocycles. The molecule has 19 heteroatoms. The van der Waals surface area contributed by atoms with Gasteiger partial charge in [-0.05, 0) is 38.1 Å². The Bertz CT molecular complexity index is 1770. The molecular weight excluding hydrogens is 700 g/mol. The van der Waals surface area contributed by atoms with Crippen LogP contribution in [0.5, 0.6) is 23.0 Å². The number of aliphatic hydroxyl groups is 8. The molecule has 15 unspecified atom stereocenters. The lowest BCUT2D eigenvalue weighted by Gasteiger charge is -2.46. The van der Waals surface area contributed by atoms with Gasteiger partial charge in [-0.15, -0.1) is 0 Å². The van der Waals surface area contributed by atoms with Crippen LogP contribution in [0.2, 0.25) is 0 Å². The third-order valence-corrected chi connectivity index (χ3v) is 9.28. The molecule has 0 radical (unpaired) electrons. The lowest BCUT2D eigenvalue weighted by molar-refractivity contribution is -0.358. The summed E-state index contributed by atoms with van der Waals surface area (Å²) in [5.74, 6) is -2.01. The third kappa shape index (κ3) is 7.16. The fourth-order valence-corrected chi connectivity index (χ4v) is 6.21. The highest BCUT2D eigenvalue weighted by Gasteiger charge is 2.51. The van der Waals surface area contributed by atoms with Crippen LogP contribution in [-0.4, -0.2) is 155 Å². The lowest BCUT2D eigenvalue weighted by Crippen LogP contribution is -2.64. The lowest BCUT2D eigenvalue weighted by atomic mass is 9.97. The number of benzene rings is 2. The van der Waals surface area contributed by atoms with Crippen molar-refractivity contribution in [3.8, 4) is 34.3 Å². The number of hydrogen-bond acceptors (Lipinski definition) is 19. The maximum Gasteiger partial charge on any atom is 0.238 e. The number of phenols is 2. The van der Waals surface area contributed by atoms with Gasteiger partial charge in [0.25, 0.3) is 0 Å². The van der Waals surface area contributed by atoms with Gasteiger partial charge in [0.2, 0.25) is 17.5 Å². The normalized spacial score (nSPS) is 38.3. The van der Waals surface area contributed by atoms with Gasteiger partial charge < -0.3 is 89.0 Å². The van der Waals surface area contributed by atoms with Gasteiger partial charge in [-0.2, -0.15) is 0 Å². The van der Waals surface area contributed by atoms with E-state index in [-0.39, 0.29) is 33.8 Å². The highest BCUT2D eigenvalue weighted by atomic mass is 16.7. The Morgan fingerprint density at radius 3 is 1.98 bits per heavy atom. The van der Waals surface area contributed by atoms with Crippen LogP contribution < -0.4 is 10.2 Å². The molecule has 52 heavy (non-hydrogen) atoms. The number of ether oxygens (including phenoxy) is 6. The fraction of sp³-hybridized carbons (Fsp3) is 0.545. The van der Waals surface area contributed by atoms with E-state index in [1.807, 2.05) is 0 Å².